The number of ether oxygens (including phenoxy) is 2. The maximum atomic E-state index is 14.7. The number of anilines is 1. The van der Waals surface area contributed by atoms with E-state index in [1.807, 2.05) is 0 Å². The standard InChI is InChI=1S/C22H23Cl2FN4O3S/c1-13(20-14(23)3-2-4-15(20)24)32-18-12-19-17(11-16(18)25)27-22(33-19)28-21(30)26-5-6-29-7-9-31-10-8-29/h2-4,11-13H,5-10H2,1H3,(H2,26,27,28,30). The number of urea groups is 1. The van der Waals surface area contributed by atoms with Gasteiger partial charge in [-0.15, -0.1) is 0 Å². The van der Waals surface area contributed by atoms with Crippen LogP contribution in [0.4, 0.5) is 14.3 Å². The van der Waals surface area contributed by atoms with Crippen LogP contribution in [0.1, 0.15) is 18.6 Å². The lowest BCUT2D eigenvalue weighted by atomic mass is 10.1. The van der Waals surface area contributed by atoms with Gasteiger partial charge in [0, 0.05) is 53.9 Å². The fourth-order valence-electron chi connectivity index (χ4n) is 3.52. The Balaban J connectivity index is 1.39. The SMILES string of the molecule is CC(Oc1cc2sc(NC(=O)NCCN3CCOCC3)nc2cc1F)c1c(Cl)cccc1Cl. The number of amides is 2. The van der Waals surface area contributed by atoms with E-state index in [9.17, 15) is 9.18 Å². The smallest absolute Gasteiger partial charge is 0.321 e. The van der Waals surface area contributed by atoms with Gasteiger partial charge in [0.25, 0.3) is 0 Å². The Morgan fingerprint density at radius 1 is 1.30 bits per heavy atom. The third kappa shape index (κ3) is 6.04. The molecule has 1 saturated heterocycles. The number of carbonyl (C=O) groups excluding carboxylic acids is 1. The first-order chi connectivity index (χ1) is 15.9. The van der Waals surface area contributed by atoms with E-state index in [2.05, 4.69) is 20.5 Å². The molecule has 7 nitrogen and oxygen atoms in total. The summed E-state index contributed by atoms with van der Waals surface area (Å²) in [5, 5.41) is 6.77. The van der Waals surface area contributed by atoms with Crippen LogP contribution in [-0.2, 0) is 4.74 Å². The molecule has 33 heavy (non-hydrogen) atoms. The van der Waals surface area contributed by atoms with Crippen LogP contribution in [0.2, 0.25) is 10.0 Å². The highest BCUT2D eigenvalue weighted by atomic mass is 35.5. The lowest BCUT2D eigenvalue weighted by molar-refractivity contribution is 0.0388. The highest BCUT2D eigenvalue weighted by molar-refractivity contribution is 7.22. The number of rotatable bonds is 7. The van der Waals surface area contributed by atoms with Gasteiger partial charge in [-0.25, -0.2) is 14.2 Å². The summed E-state index contributed by atoms with van der Waals surface area (Å²) in [5.41, 5.74) is 1.01. The van der Waals surface area contributed by atoms with Gasteiger partial charge in [0.15, 0.2) is 16.7 Å². The molecule has 11 heteroatoms. The lowest BCUT2D eigenvalue weighted by Crippen LogP contribution is -2.42. The van der Waals surface area contributed by atoms with Gasteiger partial charge in [-0.2, -0.15) is 0 Å². The van der Waals surface area contributed by atoms with Crippen molar-refractivity contribution in [2.45, 2.75) is 13.0 Å². The molecule has 0 saturated carbocycles. The van der Waals surface area contributed by atoms with Gasteiger partial charge >= 0.3 is 6.03 Å². The molecular formula is C22H23Cl2FN4O3S. The molecular weight excluding hydrogens is 490 g/mol. The summed E-state index contributed by atoms with van der Waals surface area (Å²) in [6.07, 6.45) is -0.569. The van der Waals surface area contributed by atoms with Crippen LogP contribution in [0, 0.1) is 5.82 Å². The largest absolute Gasteiger partial charge is 0.483 e. The monoisotopic (exact) mass is 512 g/mol. The van der Waals surface area contributed by atoms with Gasteiger partial charge in [0.1, 0.15) is 6.10 Å². The van der Waals surface area contributed by atoms with Gasteiger partial charge < -0.3 is 14.8 Å². The number of hydrogen-bond acceptors (Lipinski definition) is 6. The maximum Gasteiger partial charge on any atom is 0.321 e. The predicted octanol–water partition coefficient (Wildman–Crippen LogP) is 5.34. The third-order valence-corrected chi connectivity index (χ3v) is 6.78. The van der Waals surface area contributed by atoms with Crippen molar-refractivity contribution in [1.82, 2.24) is 15.2 Å². The molecule has 1 aromatic heterocycles. The average molecular weight is 513 g/mol. The Kier molecular flexibility index (Phi) is 7.87. The van der Waals surface area contributed by atoms with Crippen molar-refractivity contribution in [1.29, 1.82) is 0 Å². The molecule has 1 atom stereocenters. The number of halogens is 3. The van der Waals surface area contributed by atoms with Crippen LogP contribution in [0.3, 0.4) is 0 Å². The van der Waals surface area contributed by atoms with Gasteiger partial charge in [-0.3, -0.25) is 10.2 Å². The van der Waals surface area contributed by atoms with Crippen LogP contribution in [0.25, 0.3) is 10.2 Å². The van der Waals surface area contributed by atoms with Crippen molar-refractivity contribution in [3.8, 4) is 5.75 Å². The van der Waals surface area contributed by atoms with E-state index in [-0.39, 0.29) is 11.8 Å². The van der Waals surface area contributed by atoms with E-state index < -0.39 is 11.9 Å². The Morgan fingerprint density at radius 3 is 2.76 bits per heavy atom. The number of aromatic nitrogens is 1. The first-order valence-corrected chi connectivity index (χ1v) is 12.0. The minimum atomic E-state index is -0.569. The van der Waals surface area contributed by atoms with Crippen LogP contribution >= 0.6 is 34.5 Å². The Bertz CT molecular complexity index is 1120. The van der Waals surface area contributed by atoms with Gasteiger partial charge in [0.05, 0.1) is 23.4 Å². The van der Waals surface area contributed by atoms with Crippen LogP contribution in [-0.4, -0.2) is 55.3 Å². The summed E-state index contributed by atoms with van der Waals surface area (Å²) in [4.78, 5) is 18.7. The Hall–Kier alpha value is -2.17. The van der Waals surface area contributed by atoms with Gasteiger partial charge in [-0.05, 0) is 19.1 Å². The number of carbonyl (C=O) groups is 1. The number of benzene rings is 2. The van der Waals surface area contributed by atoms with Crippen molar-refractivity contribution < 1.29 is 18.7 Å². The second kappa shape index (κ2) is 10.8. The molecule has 0 spiro atoms. The van der Waals surface area contributed by atoms with E-state index in [4.69, 9.17) is 32.7 Å². The summed E-state index contributed by atoms with van der Waals surface area (Å²) in [6, 6.07) is 7.62. The molecule has 1 unspecified atom stereocenters. The molecule has 0 bridgehead atoms. The Labute approximate surface area is 204 Å². The zero-order valence-electron chi connectivity index (χ0n) is 17.9. The van der Waals surface area contributed by atoms with E-state index in [0.29, 0.717) is 50.7 Å². The molecule has 176 valence electrons. The topological polar surface area (TPSA) is 75.7 Å². The minimum Gasteiger partial charge on any atom is -0.483 e. The fourth-order valence-corrected chi connectivity index (χ4v) is 5.09. The molecule has 1 aliphatic rings. The molecule has 2 amide bonds. The summed E-state index contributed by atoms with van der Waals surface area (Å²) < 4.78 is 26.5. The second-order valence-corrected chi connectivity index (χ2v) is 9.34. The summed E-state index contributed by atoms with van der Waals surface area (Å²) in [5.74, 6) is -0.513. The molecule has 1 fully saturated rings. The van der Waals surface area contributed by atoms with Crippen molar-refractivity contribution in [2.75, 3.05) is 44.7 Å². The Morgan fingerprint density at radius 2 is 2.03 bits per heavy atom. The zero-order chi connectivity index (χ0) is 23.4. The molecule has 4 rings (SSSR count). The van der Waals surface area contributed by atoms with E-state index in [0.717, 1.165) is 19.6 Å². The second-order valence-electron chi connectivity index (χ2n) is 7.50. The fraction of sp³-hybridized carbons (Fsp3) is 0.364. The highest BCUT2D eigenvalue weighted by Crippen LogP contribution is 2.36. The van der Waals surface area contributed by atoms with E-state index in [1.165, 1.54) is 17.4 Å². The van der Waals surface area contributed by atoms with Crippen molar-refractivity contribution in [2.24, 2.45) is 0 Å². The molecule has 1 aliphatic heterocycles. The maximum absolute atomic E-state index is 14.7. The summed E-state index contributed by atoms with van der Waals surface area (Å²) in [6.45, 7) is 6.14. The number of nitrogens with zero attached hydrogens (tertiary/aromatic N) is 2. The lowest BCUT2D eigenvalue weighted by Gasteiger charge is -2.26. The molecule has 2 heterocycles. The van der Waals surface area contributed by atoms with Crippen molar-refractivity contribution in [3.63, 3.8) is 0 Å². The van der Waals surface area contributed by atoms with Crippen LogP contribution in [0.15, 0.2) is 30.3 Å². The van der Waals surface area contributed by atoms with E-state index in [1.54, 1.807) is 31.2 Å². The normalized spacial score (nSPS) is 15.4. The number of thiazole rings is 1. The minimum absolute atomic E-state index is 0.0520. The predicted molar refractivity (Wildman–Crippen MR) is 129 cm³/mol. The number of morpholine rings is 1. The quantitative estimate of drug-likeness (QED) is 0.447. The average Bonchev–Trinajstić information content (AvgIpc) is 3.15. The first-order valence-electron chi connectivity index (χ1n) is 10.5. The molecule has 3 aromatic rings. The first kappa shape index (κ1) is 24.0. The van der Waals surface area contributed by atoms with Crippen LogP contribution in [0.5, 0.6) is 5.75 Å². The van der Waals surface area contributed by atoms with Gasteiger partial charge in [0.2, 0.25) is 0 Å². The molecule has 2 aromatic carbocycles. The summed E-state index contributed by atoms with van der Waals surface area (Å²) in [7, 11) is 0. The van der Waals surface area contributed by atoms with Crippen molar-refractivity contribution in [3.05, 3.63) is 51.8 Å². The van der Waals surface area contributed by atoms with Gasteiger partial charge in [-0.1, -0.05) is 40.6 Å². The number of fused-ring (bicyclic) bond motifs is 1. The molecule has 0 radical (unpaired) electrons. The number of hydrogen-bond donors (Lipinski definition) is 2. The number of nitrogens with one attached hydrogen (secondary N) is 2. The zero-order valence-corrected chi connectivity index (χ0v) is 20.2. The third-order valence-electron chi connectivity index (χ3n) is 5.19. The summed E-state index contributed by atoms with van der Waals surface area (Å²) >= 11 is 13.7. The van der Waals surface area contributed by atoms with Crippen molar-refractivity contribution >= 4 is 55.9 Å². The van der Waals surface area contributed by atoms with Crippen LogP contribution < -0.4 is 15.4 Å². The highest BCUT2D eigenvalue weighted by Gasteiger charge is 2.19. The molecule has 2 N–H and O–H groups in total. The molecule has 0 aliphatic carbocycles. The van der Waals surface area contributed by atoms with E-state index >= 15 is 0 Å².